The van der Waals surface area contributed by atoms with E-state index in [0.717, 1.165) is 0 Å². The Labute approximate surface area is 65.4 Å². The zero-order valence-corrected chi connectivity index (χ0v) is 6.69. The van der Waals surface area contributed by atoms with Crippen molar-refractivity contribution in [1.29, 1.82) is 0 Å². The van der Waals surface area contributed by atoms with E-state index in [-0.39, 0.29) is 6.42 Å². The van der Waals surface area contributed by atoms with E-state index < -0.39 is 24.1 Å². The van der Waals surface area contributed by atoms with Crippen LogP contribution in [-0.2, 0) is 4.74 Å². The van der Waals surface area contributed by atoms with Crippen molar-refractivity contribution in [2.75, 3.05) is 0 Å². The van der Waals surface area contributed by atoms with Crippen LogP contribution in [0.2, 0.25) is 0 Å². The summed E-state index contributed by atoms with van der Waals surface area (Å²) >= 11 is 0. The minimum atomic E-state index is -1.24. The second-order valence-corrected chi connectivity index (χ2v) is 3.30. The molecule has 0 unspecified atom stereocenters. The molecule has 4 nitrogen and oxygen atoms in total. The van der Waals surface area contributed by atoms with Gasteiger partial charge in [-0.25, -0.2) is 0 Å². The van der Waals surface area contributed by atoms with Crippen LogP contribution in [0.25, 0.3) is 0 Å². The van der Waals surface area contributed by atoms with Gasteiger partial charge < -0.3 is 20.1 Å². The monoisotopic (exact) mass is 162 g/mol. The first-order valence-corrected chi connectivity index (χ1v) is 3.67. The third kappa shape index (κ3) is 1.70. The maximum atomic E-state index is 9.49. The largest absolute Gasteiger partial charge is 0.387 e. The second-order valence-electron chi connectivity index (χ2n) is 3.30. The highest BCUT2D eigenvalue weighted by atomic mass is 16.6. The van der Waals surface area contributed by atoms with Crippen LogP contribution in [0.3, 0.4) is 0 Å². The van der Waals surface area contributed by atoms with E-state index >= 15 is 0 Å². The molecule has 4 atom stereocenters. The van der Waals surface area contributed by atoms with Gasteiger partial charge >= 0.3 is 0 Å². The summed E-state index contributed by atoms with van der Waals surface area (Å²) in [5.74, 6) is 0. The molecule has 0 aliphatic carbocycles. The molecule has 1 fully saturated rings. The van der Waals surface area contributed by atoms with Gasteiger partial charge in [-0.3, -0.25) is 0 Å². The van der Waals surface area contributed by atoms with Crippen LogP contribution in [0.1, 0.15) is 20.3 Å². The Bertz CT molecular complexity index is 145. The van der Waals surface area contributed by atoms with Crippen molar-refractivity contribution in [3.63, 3.8) is 0 Å². The first-order chi connectivity index (χ1) is 4.93. The molecule has 4 heteroatoms. The number of rotatable bonds is 0. The van der Waals surface area contributed by atoms with Gasteiger partial charge in [0.2, 0.25) is 0 Å². The first kappa shape index (κ1) is 8.93. The van der Waals surface area contributed by atoms with Gasteiger partial charge in [-0.15, -0.1) is 0 Å². The fraction of sp³-hybridized carbons (Fsp3) is 1.00. The average Bonchev–Trinajstić information content (AvgIpc) is 1.81. The molecule has 1 aliphatic rings. The zero-order chi connectivity index (χ0) is 8.65. The molecule has 1 heterocycles. The van der Waals surface area contributed by atoms with Crippen LogP contribution >= 0.6 is 0 Å². The number of aliphatic hydroxyl groups is 3. The lowest BCUT2D eigenvalue weighted by Crippen LogP contribution is -2.54. The molecule has 0 aromatic heterocycles. The molecular formula is C7H14O4. The molecule has 0 bridgehead atoms. The highest BCUT2D eigenvalue weighted by Crippen LogP contribution is 2.27. The maximum absolute atomic E-state index is 9.49. The minimum absolute atomic E-state index is 0.0541. The Balaban J connectivity index is 2.67. The molecule has 66 valence electrons. The highest BCUT2D eigenvalue weighted by molar-refractivity contribution is 4.90. The third-order valence-electron chi connectivity index (χ3n) is 2.04. The summed E-state index contributed by atoms with van der Waals surface area (Å²) in [6.45, 7) is 3.10. The summed E-state index contributed by atoms with van der Waals surface area (Å²) in [4.78, 5) is 0. The molecule has 11 heavy (non-hydrogen) atoms. The van der Waals surface area contributed by atoms with E-state index in [9.17, 15) is 10.2 Å². The van der Waals surface area contributed by atoms with Crippen LogP contribution < -0.4 is 0 Å². The number of ether oxygens (including phenoxy) is 1. The number of hydrogen-bond acceptors (Lipinski definition) is 4. The van der Waals surface area contributed by atoms with E-state index in [1.54, 1.807) is 6.92 Å². The lowest BCUT2D eigenvalue weighted by atomic mass is 9.89. The molecule has 0 aromatic carbocycles. The van der Waals surface area contributed by atoms with Gasteiger partial charge in [-0.1, -0.05) is 0 Å². The Morgan fingerprint density at radius 2 is 2.00 bits per heavy atom. The Kier molecular flexibility index (Phi) is 2.20. The van der Waals surface area contributed by atoms with E-state index in [4.69, 9.17) is 9.84 Å². The predicted octanol–water partition coefficient (Wildman–Crippen LogP) is -0.775. The number of hydrogen-bond donors (Lipinski definition) is 3. The number of aliphatic hydroxyl groups excluding tert-OH is 2. The lowest BCUT2D eigenvalue weighted by Gasteiger charge is -2.40. The lowest BCUT2D eigenvalue weighted by molar-refractivity contribution is -0.256. The minimum Gasteiger partial charge on any atom is -0.387 e. The van der Waals surface area contributed by atoms with Gasteiger partial charge in [0.1, 0.15) is 6.10 Å². The molecule has 1 aliphatic heterocycles. The average molecular weight is 162 g/mol. The van der Waals surface area contributed by atoms with Crippen molar-refractivity contribution in [3.8, 4) is 0 Å². The highest BCUT2D eigenvalue weighted by Gasteiger charge is 2.42. The van der Waals surface area contributed by atoms with Crippen LogP contribution in [-0.4, -0.2) is 39.4 Å². The molecule has 0 spiro atoms. The normalized spacial score (nSPS) is 52.6. The summed E-state index contributed by atoms with van der Waals surface area (Å²) in [5.41, 5.74) is -1.24. The summed E-state index contributed by atoms with van der Waals surface area (Å²) in [7, 11) is 0. The van der Waals surface area contributed by atoms with Gasteiger partial charge in [0.05, 0.1) is 11.7 Å². The van der Waals surface area contributed by atoms with Crippen molar-refractivity contribution in [1.82, 2.24) is 0 Å². The van der Waals surface area contributed by atoms with Crippen molar-refractivity contribution in [2.24, 2.45) is 0 Å². The van der Waals surface area contributed by atoms with E-state index in [2.05, 4.69) is 0 Å². The summed E-state index contributed by atoms with van der Waals surface area (Å²) < 4.78 is 4.88. The van der Waals surface area contributed by atoms with E-state index in [1.807, 2.05) is 0 Å². The smallest absolute Gasteiger partial charge is 0.157 e. The van der Waals surface area contributed by atoms with Crippen LogP contribution in [0.5, 0.6) is 0 Å². The Morgan fingerprint density at radius 1 is 1.45 bits per heavy atom. The van der Waals surface area contributed by atoms with Crippen LogP contribution in [0, 0.1) is 0 Å². The SMILES string of the molecule is C[C@@H]1O[C@H](O)C[C@](C)(O)[C@@H]1O. The van der Waals surface area contributed by atoms with Gasteiger partial charge in [0, 0.05) is 6.42 Å². The molecule has 0 amide bonds. The quantitative estimate of drug-likeness (QED) is 0.437. The topological polar surface area (TPSA) is 69.9 Å². The molecule has 3 N–H and O–H groups in total. The summed E-state index contributed by atoms with van der Waals surface area (Å²) in [5, 5.41) is 27.9. The summed E-state index contributed by atoms with van der Waals surface area (Å²) in [6.07, 6.45) is -2.36. The van der Waals surface area contributed by atoms with Crippen molar-refractivity contribution in [3.05, 3.63) is 0 Å². The maximum Gasteiger partial charge on any atom is 0.157 e. The van der Waals surface area contributed by atoms with Crippen molar-refractivity contribution < 1.29 is 20.1 Å². The fourth-order valence-electron chi connectivity index (χ4n) is 1.35. The van der Waals surface area contributed by atoms with Crippen molar-refractivity contribution in [2.45, 2.75) is 44.4 Å². The molecule has 0 saturated carbocycles. The van der Waals surface area contributed by atoms with Gasteiger partial charge in [0.15, 0.2) is 6.29 Å². The standard InChI is InChI=1S/C7H14O4/c1-4-6(9)7(2,10)3-5(8)11-4/h4-6,8-10H,3H2,1-2H3/t4-,5-,6+,7-/m0/s1. The van der Waals surface area contributed by atoms with Gasteiger partial charge in [-0.05, 0) is 13.8 Å². The molecule has 1 rings (SSSR count). The predicted molar refractivity (Wildman–Crippen MR) is 37.8 cm³/mol. The molecule has 0 aromatic rings. The zero-order valence-electron chi connectivity index (χ0n) is 6.69. The Morgan fingerprint density at radius 3 is 2.45 bits per heavy atom. The van der Waals surface area contributed by atoms with Gasteiger partial charge in [-0.2, -0.15) is 0 Å². The van der Waals surface area contributed by atoms with E-state index in [1.165, 1.54) is 6.92 Å². The summed E-state index contributed by atoms with van der Waals surface area (Å²) in [6, 6.07) is 0. The van der Waals surface area contributed by atoms with E-state index in [0.29, 0.717) is 0 Å². The second kappa shape index (κ2) is 2.71. The van der Waals surface area contributed by atoms with Crippen LogP contribution in [0.4, 0.5) is 0 Å². The third-order valence-corrected chi connectivity index (χ3v) is 2.04. The fourth-order valence-corrected chi connectivity index (χ4v) is 1.35. The first-order valence-electron chi connectivity index (χ1n) is 3.67. The molecule has 1 saturated heterocycles. The molecule has 0 radical (unpaired) electrons. The van der Waals surface area contributed by atoms with Crippen molar-refractivity contribution >= 4 is 0 Å². The molecular weight excluding hydrogens is 148 g/mol. The Hall–Kier alpha value is -0.160. The van der Waals surface area contributed by atoms with Gasteiger partial charge in [0.25, 0.3) is 0 Å². The van der Waals surface area contributed by atoms with Crippen LogP contribution in [0.15, 0.2) is 0 Å².